The van der Waals surface area contributed by atoms with Gasteiger partial charge >= 0.3 is 5.76 Å². The predicted molar refractivity (Wildman–Crippen MR) is 72.6 cm³/mol. The zero-order chi connectivity index (χ0) is 13.2. The van der Waals surface area contributed by atoms with Crippen molar-refractivity contribution >= 4 is 16.8 Å². The summed E-state index contributed by atoms with van der Waals surface area (Å²) < 4.78 is 12.0. The molecule has 0 radical (unpaired) electrons. The maximum atomic E-state index is 11.4. The molecule has 1 atom stereocenters. The molecule has 6 heteroatoms. The number of hydrogen-bond acceptors (Lipinski definition) is 5. The molecule has 1 aliphatic rings. The van der Waals surface area contributed by atoms with Crippen LogP contribution in [-0.2, 0) is 11.8 Å². The number of rotatable bonds is 3. The molecule has 6 nitrogen and oxygen atoms in total. The van der Waals surface area contributed by atoms with E-state index in [1.807, 2.05) is 18.2 Å². The SMILES string of the molecule is Cn1c(=O)oc2ccc(NCC3COCCN3)cc21. The molecule has 2 N–H and O–H groups in total. The molecule has 0 amide bonds. The second-order valence-corrected chi connectivity index (χ2v) is 4.72. The number of ether oxygens (including phenoxy) is 1. The third-order valence-electron chi connectivity index (χ3n) is 3.34. The van der Waals surface area contributed by atoms with Gasteiger partial charge in [0.05, 0.1) is 18.7 Å². The molecule has 1 saturated heterocycles. The zero-order valence-electron chi connectivity index (χ0n) is 10.8. The van der Waals surface area contributed by atoms with E-state index in [1.165, 1.54) is 4.57 Å². The van der Waals surface area contributed by atoms with Crippen molar-refractivity contribution in [3.63, 3.8) is 0 Å². The molecule has 2 aromatic rings. The Morgan fingerprint density at radius 2 is 2.42 bits per heavy atom. The summed E-state index contributed by atoms with van der Waals surface area (Å²) in [5, 5.41) is 6.72. The molecule has 0 saturated carbocycles. The Bertz CT molecular complexity index is 626. The third kappa shape index (κ3) is 2.50. The van der Waals surface area contributed by atoms with Gasteiger partial charge in [-0.25, -0.2) is 4.79 Å². The first-order valence-corrected chi connectivity index (χ1v) is 6.38. The number of fused-ring (bicyclic) bond motifs is 1. The number of morpholine rings is 1. The van der Waals surface area contributed by atoms with Gasteiger partial charge in [0.2, 0.25) is 0 Å². The van der Waals surface area contributed by atoms with Gasteiger partial charge in [0.25, 0.3) is 0 Å². The minimum atomic E-state index is -0.338. The number of nitrogens with one attached hydrogen (secondary N) is 2. The third-order valence-corrected chi connectivity index (χ3v) is 3.34. The van der Waals surface area contributed by atoms with Crippen LogP contribution in [0, 0.1) is 0 Å². The topological polar surface area (TPSA) is 68.4 Å². The van der Waals surface area contributed by atoms with Crippen molar-refractivity contribution < 1.29 is 9.15 Å². The molecule has 3 rings (SSSR count). The molecule has 0 aliphatic carbocycles. The van der Waals surface area contributed by atoms with Crippen molar-refractivity contribution in [2.75, 3.05) is 31.6 Å². The largest absolute Gasteiger partial charge is 0.419 e. The van der Waals surface area contributed by atoms with E-state index in [9.17, 15) is 4.79 Å². The van der Waals surface area contributed by atoms with Crippen LogP contribution in [0.15, 0.2) is 27.4 Å². The highest BCUT2D eigenvalue weighted by atomic mass is 16.5. The van der Waals surface area contributed by atoms with Crippen LogP contribution < -0.4 is 16.4 Å². The lowest BCUT2D eigenvalue weighted by molar-refractivity contribution is 0.0806. The number of hydrogen-bond donors (Lipinski definition) is 2. The molecule has 1 fully saturated rings. The molecule has 1 aliphatic heterocycles. The Kier molecular flexibility index (Phi) is 3.27. The van der Waals surface area contributed by atoms with E-state index in [0.717, 1.165) is 37.5 Å². The summed E-state index contributed by atoms with van der Waals surface area (Å²) in [4.78, 5) is 11.4. The quantitative estimate of drug-likeness (QED) is 0.845. The molecular formula is C13H17N3O3. The molecule has 0 spiro atoms. The maximum Gasteiger partial charge on any atom is 0.419 e. The molecule has 102 valence electrons. The molecule has 1 aromatic heterocycles. The first-order valence-electron chi connectivity index (χ1n) is 6.38. The first kappa shape index (κ1) is 12.3. The van der Waals surface area contributed by atoms with Crippen molar-refractivity contribution in [1.82, 2.24) is 9.88 Å². The van der Waals surface area contributed by atoms with Crippen LogP contribution in [0.1, 0.15) is 0 Å². The summed E-state index contributed by atoms with van der Waals surface area (Å²) in [7, 11) is 1.70. The van der Waals surface area contributed by atoms with E-state index in [1.54, 1.807) is 7.05 Å². The summed E-state index contributed by atoms with van der Waals surface area (Å²) >= 11 is 0. The fourth-order valence-corrected chi connectivity index (χ4v) is 2.23. The Hall–Kier alpha value is -1.79. The second-order valence-electron chi connectivity index (χ2n) is 4.72. The van der Waals surface area contributed by atoms with E-state index in [-0.39, 0.29) is 5.76 Å². The van der Waals surface area contributed by atoms with Crippen LogP contribution in [-0.4, -0.2) is 36.9 Å². The second kappa shape index (κ2) is 5.07. The number of nitrogens with zero attached hydrogens (tertiary/aromatic N) is 1. The van der Waals surface area contributed by atoms with Gasteiger partial charge in [-0.2, -0.15) is 0 Å². The van der Waals surface area contributed by atoms with Crippen molar-refractivity contribution in [2.24, 2.45) is 7.05 Å². The van der Waals surface area contributed by atoms with Crippen LogP contribution in [0.2, 0.25) is 0 Å². The highest BCUT2D eigenvalue weighted by molar-refractivity contribution is 5.77. The Labute approximate surface area is 110 Å². The van der Waals surface area contributed by atoms with E-state index >= 15 is 0 Å². The summed E-state index contributed by atoms with van der Waals surface area (Å²) in [5.41, 5.74) is 2.37. The summed E-state index contributed by atoms with van der Waals surface area (Å²) in [6.45, 7) is 3.18. The van der Waals surface area contributed by atoms with Crippen LogP contribution in [0.4, 0.5) is 5.69 Å². The van der Waals surface area contributed by atoms with E-state index in [0.29, 0.717) is 11.6 Å². The van der Waals surface area contributed by atoms with E-state index < -0.39 is 0 Å². The molecule has 19 heavy (non-hydrogen) atoms. The van der Waals surface area contributed by atoms with Crippen LogP contribution in [0.3, 0.4) is 0 Å². The number of aromatic nitrogens is 1. The van der Waals surface area contributed by atoms with Gasteiger partial charge in [-0.3, -0.25) is 4.57 Å². The monoisotopic (exact) mass is 263 g/mol. The lowest BCUT2D eigenvalue weighted by atomic mass is 10.2. The van der Waals surface area contributed by atoms with Gasteiger partial charge in [0.15, 0.2) is 5.58 Å². The number of oxazole rings is 1. The molecule has 1 aromatic carbocycles. The van der Waals surface area contributed by atoms with Gasteiger partial charge in [0, 0.05) is 31.9 Å². The highest BCUT2D eigenvalue weighted by Gasteiger charge is 2.12. The number of aryl methyl sites for hydroxylation is 1. The van der Waals surface area contributed by atoms with Crippen molar-refractivity contribution in [2.45, 2.75) is 6.04 Å². The normalized spacial score (nSPS) is 19.7. The molecule has 2 heterocycles. The van der Waals surface area contributed by atoms with E-state index in [2.05, 4.69) is 10.6 Å². The molecule has 1 unspecified atom stereocenters. The number of anilines is 1. The lowest BCUT2D eigenvalue weighted by Gasteiger charge is -2.24. The first-order chi connectivity index (χ1) is 9.24. The predicted octanol–water partition coefficient (Wildman–Crippen LogP) is 0.532. The molecular weight excluding hydrogens is 246 g/mol. The van der Waals surface area contributed by atoms with Crippen molar-refractivity contribution in [3.05, 3.63) is 28.7 Å². The fraction of sp³-hybridized carbons (Fsp3) is 0.462. The van der Waals surface area contributed by atoms with Crippen molar-refractivity contribution in [1.29, 1.82) is 0 Å². The molecule has 0 bridgehead atoms. The van der Waals surface area contributed by atoms with Crippen molar-refractivity contribution in [3.8, 4) is 0 Å². The maximum absolute atomic E-state index is 11.4. The fourth-order valence-electron chi connectivity index (χ4n) is 2.23. The van der Waals surface area contributed by atoms with Gasteiger partial charge < -0.3 is 19.8 Å². The average Bonchev–Trinajstić information content (AvgIpc) is 2.73. The van der Waals surface area contributed by atoms with Crippen LogP contribution in [0.5, 0.6) is 0 Å². The summed E-state index contributed by atoms with van der Waals surface area (Å²) in [5.74, 6) is -0.338. The summed E-state index contributed by atoms with van der Waals surface area (Å²) in [6.07, 6.45) is 0. The van der Waals surface area contributed by atoms with Gasteiger partial charge in [-0.05, 0) is 18.2 Å². The van der Waals surface area contributed by atoms with Gasteiger partial charge in [-0.15, -0.1) is 0 Å². The minimum absolute atomic E-state index is 0.317. The van der Waals surface area contributed by atoms with Gasteiger partial charge in [-0.1, -0.05) is 0 Å². The van der Waals surface area contributed by atoms with Crippen LogP contribution >= 0.6 is 0 Å². The average molecular weight is 263 g/mol. The smallest absolute Gasteiger partial charge is 0.408 e. The number of benzene rings is 1. The minimum Gasteiger partial charge on any atom is -0.408 e. The Morgan fingerprint density at radius 1 is 1.53 bits per heavy atom. The lowest BCUT2D eigenvalue weighted by Crippen LogP contribution is -2.45. The highest BCUT2D eigenvalue weighted by Crippen LogP contribution is 2.17. The van der Waals surface area contributed by atoms with E-state index in [4.69, 9.17) is 9.15 Å². The standard InChI is InChI=1S/C13H17N3O3/c1-16-11-6-9(2-3-12(11)19-13(16)17)15-7-10-8-18-5-4-14-10/h2-3,6,10,14-15H,4-5,7-8H2,1H3. The summed E-state index contributed by atoms with van der Waals surface area (Å²) in [6, 6.07) is 5.96. The Morgan fingerprint density at radius 3 is 3.21 bits per heavy atom. The van der Waals surface area contributed by atoms with Crippen LogP contribution in [0.25, 0.3) is 11.1 Å². The van der Waals surface area contributed by atoms with Gasteiger partial charge in [0.1, 0.15) is 0 Å². The Balaban J connectivity index is 1.74. The zero-order valence-corrected chi connectivity index (χ0v) is 10.8.